The average molecular weight is 267 g/mol. The van der Waals surface area contributed by atoms with Gasteiger partial charge in [-0.25, -0.2) is 0 Å². The van der Waals surface area contributed by atoms with Crippen LogP contribution in [-0.2, 0) is 0 Å². The number of aromatic amines is 1. The van der Waals surface area contributed by atoms with Gasteiger partial charge in [-0.3, -0.25) is 15.2 Å². The van der Waals surface area contributed by atoms with E-state index in [2.05, 4.69) is 15.5 Å². The number of rotatable bonds is 4. The Morgan fingerprint density at radius 1 is 1.50 bits per heavy atom. The number of nitro groups is 1. The van der Waals surface area contributed by atoms with Crippen LogP contribution in [0.4, 0.5) is 11.4 Å². The second-order valence-electron chi connectivity index (χ2n) is 3.80. The fraction of sp³-hybridized carbons (Fsp3) is 0.182. The van der Waals surface area contributed by atoms with Gasteiger partial charge in [0.2, 0.25) is 0 Å². The highest BCUT2D eigenvalue weighted by atomic mass is 35.5. The maximum Gasteiger partial charge on any atom is 0.288 e. The minimum Gasteiger partial charge on any atom is -0.377 e. The van der Waals surface area contributed by atoms with Crippen LogP contribution in [0.5, 0.6) is 0 Å². The molecule has 0 radical (unpaired) electrons. The van der Waals surface area contributed by atoms with Crippen molar-refractivity contribution in [3.8, 4) is 0 Å². The molecule has 1 aromatic carbocycles. The molecule has 0 bridgehead atoms. The number of H-pyrrole nitrogens is 1. The van der Waals surface area contributed by atoms with Crippen molar-refractivity contribution in [3.05, 3.63) is 51.3 Å². The third kappa shape index (κ3) is 2.60. The van der Waals surface area contributed by atoms with Gasteiger partial charge in [-0.2, -0.15) is 5.10 Å². The second kappa shape index (κ2) is 5.05. The summed E-state index contributed by atoms with van der Waals surface area (Å²) < 4.78 is 0. The predicted molar refractivity (Wildman–Crippen MR) is 68.7 cm³/mol. The third-order valence-corrected chi connectivity index (χ3v) is 2.82. The van der Waals surface area contributed by atoms with Crippen LogP contribution in [0.15, 0.2) is 30.5 Å². The van der Waals surface area contributed by atoms with E-state index in [4.69, 9.17) is 11.6 Å². The molecule has 6 nitrogen and oxygen atoms in total. The van der Waals surface area contributed by atoms with Crippen LogP contribution in [0.25, 0.3) is 0 Å². The van der Waals surface area contributed by atoms with Gasteiger partial charge in [-0.1, -0.05) is 11.6 Å². The van der Waals surface area contributed by atoms with E-state index in [1.807, 2.05) is 13.0 Å². The molecule has 1 unspecified atom stereocenters. The topological polar surface area (TPSA) is 83.8 Å². The molecule has 7 heteroatoms. The Morgan fingerprint density at radius 2 is 2.28 bits per heavy atom. The summed E-state index contributed by atoms with van der Waals surface area (Å²) in [6.45, 7) is 1.95. The maximum absolute atomic E-state index is 10.6. The van der Waals surface area contributed by atoms with Gasteiger partial charge in [-0.05, 0) is 25.1 Å². The summed E-state index contributed by atoms with van der Waals surface area (Å²) in [6, 6.07) is 6.39. The summed E-state index contributed by atoms with van der Waals surface area (Å²) in [5.74, 6) is 0. The quantitative estimate of drug-likeness (QED) is 0.658. The average Bonchev–Trinajstić information content (AvgIpc) is 2.81. The molecule has 0 aliphatic carbocycles. The van der Waals surface area contributed by atoms with Crippen molar-refractivity contribution in [1.82, 2.24) is 10.2 Å². The predicted octanol–water partition coefficient (Wildman–Crippen LogP) is 3.14. The molecule has 2 rings (SSSR count). The van der Waals surface area contributed by atoms with Crippen LogP contribution < -0.4 is 5.32 Å². The van der Waals surface area contributed by atoms with Crippen LogP contribution in [0, 0.1) is 10.1 Å². The van der Waals surface area contributed by atoms with E-state index < -0.39 is 4.92 Å². The minimum atomic E-state index is -0.509. The lowest BCUT2D eigenvalue weighted by molar-refractivity contribution is -0.384. The Hall–Kier alpha value is -2.08. The molecule has 1 atom stereocenters. The van der Waals surface area contributed by atoms with Crippen molar-refractivity contribution in [2.24, 2.45) is 0 Å². The van der Waals surface area contributed by atoms with Gasteiger partial charge in [0, 0.05) is 18.0 Å². The summed E-state index contributed by atoms with van der Waals surface area (Å²) in [4.78, 5) is 10.1. The highest BCUT2D eigenvalue weighted by Gasteiger charge is 2.13. The van der Waals surface area contributed by atoms with Crippen molar-refractivity contribution >= 4 is 23.0 Å². The number of benzene rings is 1. The van der Waals surface area contributed by atoms with Gasteiger partial charge in [-0.15, -0.1) is 0 Å². The maximum atomic E-state index is 10.6. The second-order valence-corrected chi connectivity index (χ2v) is 4.21. The van der Waals surface area contributed by atoms with E-state index in [9.17, 15) is 10.1 Å². The molecule has 0 saturated heterocycles. The molecule has 0 saturated carbocycles. The molecule has 0 aliphatic rings. The Kier molecular flexibility index (Phi) is 3.47. The molecule has 0 spiro atoms. The minimum absolute atomic E-state index is 0.00465. The lowest BCUT2D eigenvalue weighted by Crippen LogP contribution is -2.07. The Morgan fingerprint density at radius 3 is 2.83 bits per heavy atom. The normalized spacial score (nSPS) is 12.1. The van der Waals surface area contributed by atoms with Crippen molar-refractivity contribution in [2.75, 3.05) is 5.32 Å². The summed E-state index contributed by atoms with van der Waals surface area (Å²) >= 11 is 5.83. The fourth-order valence-corrected chi connectivity index (χ4v) is 1.83. The van der Waals surface area contributed by atoms with E-state index in [0.717, 1.165) is 5.69 Å². The zero-order valence-electron chi connectivity index (χ0n) is 9.55. The fourth-order valence-electron chi connectivity index (χ4n) is 1.58. The largest absolute Gasteiger partial charge is 0.377 e. The number of hydrogen-bond acceptors (Lipinski definition) is 4. The van der Waals surface area contributed by atoms with Crippen molar-refractivity contribution < 1.29 is 4.92 Å². The molecule has 0 aliphatic heterocycles. The third-order valence-electron chi connectivity index (χ3n) is 2.52. The summed E-state index contributed by atoms with van der Waals surface area (Å²) in [6.07, 6.45) is 1.66. The Balaban J connectivity index is 2.15. The molecule has 1 aromatic heterocycles. The van der Waals surface area contributed by atoms with E-state index in [1.54, 1.807) is 12.3 Å². The van der Waals surface area contributed by atoms with Gasteiger partial charge in [0.15, 0.2) is 0 Å². The van der Waals surface area contributed by atoms with Gasteiger partial charge in [0.1, 0.15) is 5.02 Å². The molecule has 1 heterocycles. The van der Waals surface area contributed by atoms with E-state index in [0.29, 0.717) is 5.69 Å². The molecule has 0 amide bonds. The zero-order chi connectivity index (χ0) is 13.1. The number of halogens is 1. The van der Waals surface area contributed by atoms with Gasteiger partial charge < -0.3 is 5.32 Å². The Labute approximate surface area is 108 Å². The number of aromatic nitrogens is 2. The highest BCUT2D eigenvalue weighted by molar-refractivity contribution is 6.32. The van der Waals surface area contributed by atoms with Gasteiger partial charge in [0.25, 0.3) is 5.69 Å². The summed E-state index contributed by atoms with van der Waals surface area (Å²) in [5, 5.41) is 20.6. The molecule has 2 N–H and O–H groups in total. The monoisotopic (exact) mass is 266 g/mol. The number of hydrogen-bond donors (Lipinski definition) is 2. The van der Waals surface area contributed by atoms with Crippen LogP contribution in [0.2, 0.25) is 5.02 Å². The van der Waals surface area contributed by atoms with Crippen molar-refractivity contribution in [1.29, 1.82) is 0 Å². The lowest BCUT2D eigenvalue weighted by Gasteiger charge is -2.13. The standard InChI is InChI=1S/C11H11ClN4O2/c1-7(10-4-5-13-15-10)14-8-2-3-11(16(17)18)9(12)6-8/h2-7,14H,1H3,(H,13,15). The lowest BCUT2D eigenvalue weighted by atomic mass is 10.2. The van der Waals surface area contributed by atoms with Gasteiger partial charge >= 0.3 is 0 Å². The first-order chi connectivity index (χ1) is 8.58. The first kappa shape index (κ1) is 12.4. The number of nitrogens with zero attached hydrogens (tertiary/aromatic N) is 2. The van der Waals surface area contributed by atoms with Crippen molar-refractivity contribution in [2.45, 2.75) is 13.0 Å². The first-order valence-corrected chi connectivity index (χ1v) is 5.65. The number of nitrogens with one attached hydrogen (secondary N) is 2. The molecule has 2 aromatic rings. The van der Waals surface area contributed by atoms with Crippen LogP contribution in [0.3, 0.4) is 0 Å². The SMILES string of the molecule is CC(Nc1ccc([N+](=O)[O-])c(Cl)c1)c1ccn[nH]1. The molecule has 0 fully saturated rings. The number of nitro benzene ring substituents is 1. The van der Waals surface area contributed by atoms with Crippen LogP contribution in [0.1, 0.15) is 18.7 Å². The van der Waals surface area contributed by atoms with E-state index >= 15 is 0 Å². The summed E-state index contributed by atoms with van der Waals surface area (Å²) in [7, 11) is 0. The molecule has 94 valence electrons. The molecule has 18 heavy (non-hydrogen) atoms. The van der Waals surface area contributed by atoms with E-state index in [-0.39, 0.29) is 16.8 Å². The highest BCUT2D eigenvalue weighted by Crippen LogP contribution is 2.28. The van der Waals surface area contributed by atoms with Crippen LogP contribution in [-0.4, -0.2) is 15.1 Å². The van der Waals surface area contributed by atoms with Crippen molar-refractivity contribution in [3.63, 3.8) is 0 Å². The Bertz CT molecular complexity index is 556. The first-order valence-electron chi connectivity index (χ1n) is 5.27. The van der Waals surface area contributed by atoms with E-state index in [1.165, 1.54) is 12.1 Å². The van der Waals surface area contributed by atoms with Crippen LogP contribution >= 0.6 is 11.6 Å². The molecular weight excluding hydrogens is 256 g/mol. The smallest absolute Gasteiger partial charge is 0.288 e. The number of anilines is 1. The summed E-state index contributed by atoms with van der Waals surface area (Å²) in [5.41, 5.74) is 1.54. The van der Waals surface area contributed by atoms with Gasteiger partial charge in [0.05, 0.1) is 16.7 Å². The molecular formula is C11H11ClN4O2. The zero-order valence-corrected chi connectivity index (χ0v) is 10.3.